The third-order valence-corrected chi connectivity index (χ3v) is 4.43. The predicted octanol–water partition coefficient (Wildman–Crippen LogP) is 4.56. The van der Waals surface area contributed by atoms with Crippen LogP contribution in [0.3, 0.4) is 0 Å². The minimum atomic E-state index is -0.153. The molecule has 27 heavy (non-hydrogen) atoms. The third kappa shape index (κ3) is 3.31. The normalized spacial score (nSPS) is 10.5. The number of nitrogens with zero attached hydrogens (tertiary/aromatic N) is 2. The number of furan rings is 1. The van der Waals surface area contributed by atoms with Gasteiger partial charge in [0.2, 0.25) is 0 Å². The van der Waals surface area contributed by atoms with Crippen LogP contribution in [0.15, 0.2) is 94.7 Å². The molecule has 4 heteroatoms. The number of hydrogen-bond acceptors (Lipinski definition) is 3. The summed E-state index contributed by atoms with van der Waals surface area (Å²) in [4.78, 5) is 13.2. The van der Waals surface area contributed by atoms with Crippen molar-refractivity contribution in [3.8, 4) is 22.9 Å². The largest absolute Gasteiger partial charge is 0.472 e. The van der Waals surface area contributed by atoms with Crippen LogP contribution in [0.2, 0.25) is 0 Å². The molecule has 0 aliphatic rings. The number of nitriles is 1. The molecule has 0 aliphatic carbocycles. The van der Waals surface area contributed by atoms with Crippen molar-refractivity contribution in [1.82, 2.24) is 4.57 Å². The van der Waals surface area contributed by atoms with Crippen molar-refractivity contribution in [2.45, 2.75) is 6.42 Å². The molecule has 0 atom stereocenters. The average molecular weight is 352 g/mol. The van der Waals surface area contributed by atoms with E-state index in [4.69, 9.17) is 4.42 Å². The van der Waals surface area contributed by atoms with Crippen molar-refractivity contribution in [3.05, 3.63) is 112 Å². The van der Waals surface area contributed by atoms with Crippen molar-refractivity contribution in [2.75, 3.05) is 0 Å². The van der Waals surface area contributed by atoms with Crippen LogP contribution in [0, 0.1) is 11.3 Å². The van der Waals surface area contributed by atoms with Crippen LogP contribution < -0.4 is 5.56 Å². The summed E-state index contributed by atoms with van der Waals surface area (Å²) in [6.45, 7) is 0. The van der Waals surface area contributed by atoms with Crippen molar-refractivity contribution < 1.29 is 4.42 Å². The van der Waals surface area contributed by atoms with E-state index in [9.17, 15) is 10.1 Å². The molecule has 2 aromatic heterocycles. The second-order valence-corrected chi connectivity index (χ2v) is 6.24. The van der Waals surface area contributed by atoms with Crippen molar-refractivity contribution in [1.29, 1.82) is 5.26 Å². The van der Waals surface area contributed by atoms with E-state index in [1.165, 1.54) is 0 Å². The Labute approximate surface area is 156 Å². The molecule has 0 saturated carbocycles. The molecule has 2 aromatic carbocycles. The summed E-state index contributed by atoms with van der Waals surface area (Å²) < 4.78 is 6.80. The van der Waals surface area contributed by atoms with Gasteiger partial charge >= 0.3 is 0 Å². The van der Waals surface area contributed by atoms with Crippen molar-refractivity contribution >= 4 is 0 Å². The summed E-state index contributed by atoms with van der Waals surface area (Å²) in [7, 11) is 0. The summed E-state index contributed by atoms with van der Waals surface area (Å²) in [6, 6.07) is 22.6. The summed E-state index contributed by atoms with van der Waals surface area (Å²) in [5, 5.41) is 9.46. The molecule has 2 heterocycles. The Bertz CT molecular complexity index is 1170. The molecule has 0 bridgehead atoms. The fraction of sp³-hybridized carbons (Fsp3) is 0.0435. The van der Waals surface area contributed by atoms with Crippen LogP contribution in [0.5, 0.6) is 0 Å². The highest BCUT2D eigenvalue weighted by Crippen LogP contribution is 2.23. The maximum absolute atomic E-state index is 13.2. The molecule has 0 aliphatic heterocycles. The molecule has 0 saturated heterocycles. The second-order valence-electron chi connectivity index (χ2n) is 6.24. The number of rotatable bonds is 4. The highest BCUT2D eigenvalue weighted by atomic mass is 16.3. The van der Waals surface area contributed by atoms with Gasteiger partial charge in [0.1, 0.15) is 0 Å². The van der Waals surface area contributed by atoms with Crippen LogP contribution in [0.1, 0.15) is 16.7 Å². The Morgan fingerprint density at radius 1 is 0.926 bits per heavy atom. The Hall–Kier alpha value is -3.84. The Balaban J connectivity index is 1.95. The number of aromatic nitrogens is 1. The zero-order valence-electron chi connectivity index (χ0n) is 14.5. The zero-order valence-corrected chi connectivity index (χ0v) is 14.5. The maximum atomic E-state index is 13.2. The maximum Gasteiger partial charge on any atom is 0.263 e. The fourth-order valence-corrected chi connectivity index (χ4v) is 3.15. The Morgan fingerprint density at radius 3 is 2.44 bits per heavy atom. The molecule has 0 fully saturated rings. The summed E-state index contributed by atoms with van der Waals surface area (Å²) >= 11 is 0. The minimum Gasteiger partial charge on any atom is -0.472 e. The second kappa shape index (κ2) is 7.19. The van der Waals surface area contributed by atoms with Crippen LogP contribution in [-0.2, 0) is 6.42 Å². The van der Waals surface area contributed by atoms with Crippen LogP contribution in [0.4, 0.5) is 0 Å². The van der Waals surface area contributed by atoms with E-state index in [0.717, 1.165) is 16.8 Å². The van der Waals surface area contributed by atoms with Crippen LogP contribution in [0.25, 0.3) is 16.8 Å². The van der Waals surface area contributed by atoms with E-state index >= 15 is 0 Å². The van der Waals surface area contributed by atoms with E-state index in [0.29, 0.717) is 23.1 Å². The van der Waals surface area contributed by atoms with Crippen LogP contribution >= 0.6 is 0 Å². The first-order valence-electron chi connectivity index (χ1n) is 8.58. The zero-order chi connectivity index (χ0) is 18.6. The standard InChI is InChI=1S/C23H16N2O2/c24-14-19-6-4-5-9-21(19)22-13-18(12-17-10-11-27-16-17)15-25(23(22)26)20-7-2-1-3-8-20/h1-11,13,15-16H,12H2. The fourth-order valence-electron chi connectivity index (χ4n) is 3.15. The van der Waals surface area contributed by atoms with Gasteiger partial charge in [-0.2, -0.15) is 5.26 Å². The Morgan fingerprint density at radius 2 is 1.70 bits per heavy atom. The van der Waals surface area contributed by atoms with E-state index in [-0.39, 0.29) is 5.56 Å². The molecule has 4 aromatic rings. The van der Waals surface area contributed by atoms with E-state index in [1.807, 2.05) is 60.8 Å². The highest BCUT2D eigenvalue weighted by molar-refractivity contribution is 5.70. The third-order valence-electron chi connectivity index (χ3n) is 4.43. The van der Waals surface area contributed by atoms with Gasteiger partial charge in [0.25, 0.3) is 5.56 Å². The lowest BCUT2D eigenvalue weighted by atomic mass is 9.98. The first-order chi connectivity index (χ1) is 13.3. The van der Waals surface area contributed by atoms with Gasteiger partial charge in [-0.25, -0.2) is 0 Å². The molecule has 4 nitrogen and oxygen atoms in total. The van der Waals surface area contributed by atoms with Gasteiger partial charge in [0.05, 0.1) is 24.2 Å². The van der Waals surface area contributed by atoms with Crippen LogP contribution in [-0.4, -0.2) is 4.57 Å². The molecular weight excluding hydrogens is 336 g/mol. The molecule has 4 rings (SSSR count). The van der Waals surface area contributed by atoms with Gasteiger partial charge in [-0.3, -0.25) is 9.36 Å². The lowest BCUT2D eigenvalue weighted by Gasteiger charge is -2.13. The van der Waals surface area contributed by atoms with E-state index in [1.54, 1.807) is 29.2 Å². The molecule has 0 N–H and O–H groups in total. The first kappa shape index (κ1) is 16.6. The highest BCUT2D eigenvalue weighted by Gasteiger charge is 2.14. The predicted molar refractivity (Wildman–Crippen MR) is 104 cm³/mol. The first-order valence-corrected chi connectivity index (χ1v) is 8.58. The molecule has 0 radical (unpaired) electrons. The average Bonchev–Trinajstić information content (AvgIpc) is 3.23. The number of hydrogen-bond donors (Lipinski definition) is 0. The van der Waals surface area contributed by atoms with Gasteiger partial charge in [0, 0.05) is 29.4 Å². The molecular formula is C23H16N2O2. The summed E-state index contributed by atoms with van der Waals surface area (Å²) in [5.74, 6) is 0. The number of para-hydroxylation sites is 1. The summed E-state index contributed by atoms with van der Waals surface area (Å²) in [5.41, 5.74) is 4.25. The molecule has 0 spiro atoms. The Kier molecular flexibility index (Phi) is 4.42. The smallest absolute Gasteiger partial charge is 0.263 e. The van der Waals surface area contributed by atoms with Gasteiger partial charge in [-0.05, 0) is 41.5 Å². The van der Waals surface area contributed by atoms with Crippen molar-refractivity contribution in [3.63, 3.8) is 0 Å². The molecule has 130 valence electrons. The van der Waals surface area contributed by atoms with Crippen molar-refractivity contribution in [2.24, 2.45) is 0 Å². The van der Waals surface area contributed by atoms with E-state index in [2.05, 4.69) is 6.07 Å². The monoisotopic (exact) mass is 352 g/mol. The van der Waals surface area contributed by atoms with Gasteiger partial charge in [-0.15, -0.1) is 0 Å². The summed E-state index contributed by atoms with van der Waals surface area (Å²) in [6.07, 6.45) is 5.81. The topological polar surface area (TPSA) is 58.9 Å². The van der Waals surface area contributed by atoms with E-state index < -0.39 is 0 Å². The lowest BCUT2D eigenvalue weighted by molar-refractivity contribution is 0.564. The lowest BCUT2D eigenvalue weighted by Crippen LogP contribution is -2.21. The van der Waals surface area contributed by atoms with Gasteiger partial charge < -0.3 is 4.42 Å². The van der Waals surface area contributed by atoms with Gasteiger partial charge in [-0.1, -0.05) is 36.4 Å². The SMILES string of the molecule is N#Cc1ccccc1-c1cc(Cc2ccoc2)cn(-c2ccccc2)c1=O. The molecule has 0 unspecified atom stereocenters. The minimum absolute atomic E-state index is 0.153. The van der Waals surface area contributed by atoms with Gasteiger partial charge in [0.15, 0.2) is 0 Å². The number of pyridine rings is 1. The molecule has 0 amide bonds. The quantitative estimate of drug-likeness (QED) is 0.541. The number of benzene rings is 2.